The Kier molecular flexibility index (Phi) is 5.83. The van der Waals surface area contributed by atoms with Crippen LogP contribution in [0, 0.1) is 6.92 Å². The van der Waals surface area contributed by atoms with E-state index < -0.39 is 0 Å². The molecule has 0 heterocycles. The Bertz CT molecular complexity index is 362. The molecule has 1 aromatic rings. The van der Waals surface area contributed by atoms with Crippen molar-refractivity contribution >= 4 is 0 Å². The van der Waals surface area contributed by atoms with Crippen molar-refractivity contribution in [1.82, 2.24) is 4.90 Å². The summed E-state index contributed by atoms with van der Waals surface area (Å²) in [4.78, 5) is 2.42. The summed E-state index contributed by atoms with van der Waals surface area (Å²) in [6.45, 7) is 8.80. The second-order valence-corrected chi connectivity index (χ2v) is 5.35. The van der Waals surface area contributed by atoms with Crippen LogP contribution in [0.25, 0.3) is 0 Å². The average molecular weight is 248 g/mol. The average Bonchev–Trinajstić information content (AvgIpc) is 2.37. The molecule has 1 rings (SSSR count). The maximum Gasteiger partial charge on any atom is 0.0498 e. The zero-order valence-electron chi connectivity index (χ0n) is 12.5. The first-order chi connectivity index (χ1) is 8.51. The molecule has 0 saturated carbocycles. The van der Waals surface area contributed by atoms with Gasteiger partial charge in [0.15, 0.2) is 0 Å². The molecule has 0 aromatic heterocycles. The minimum absolute atomic E-state index is 0.186. The van der Waals surface area contributed by atoms with Crippen molar-refractivity contribution in [1.29, 1.82) is 0 Å². The van der Waals surface area contributed by atoms with Gasteiger partial charge in [0.25, 0.3) is 0 Å². The number of hydrogen-bond acceptors (Lipinski definition) is 2. The van der Waals surface area contributed by atoms with Gasteiger partial charge in [-0.3, -0.25) is 4.90 Å². The molecule has 0 saturated heterocycles. The van der Waals surface area contributed by atoms with Crippen molar-refractivity contribution in [2.45, 2.75) is 58.7 Å². The van der Waals surface area contributed by atoms with Gasteiger partial charge in [-0.15, -0.1) is 0 Å². The molecule has 0 amide bonds. The third kappa shape index (κ3) is 3.56. The second kappa shape index (κ2) is 6.91. The summed E-state index contributed by atoms with van der Waals surface area (Å²) in [6.07, 6.45) is 2.15. The van der Waals surface area contributed by atoms with Gasteiger partial charge in [-0.1, -0.05) is 43.7 Å². The SMILES string of the molecule is CCC(N)C(c1cccc(C)c1)N(C)C(C)CC. The molecule has 3 unspecified atom stereocenters. The zero-order chi connectivity index (χ0) is 13.7. The monoisotopic (exact) mass is 248 g/mol. The van der Waals surface area contributed by atoms with Gasteiger partial charge in [0, 0.05) is 18.1 Å². The van der Waals surface area contributed by atoms with Crippen molar-refractivity contribution in [3.63, 3.8) is 0 Å². The fraction of sp³-hybridized carbons (Fsp3) is 0.625. The van der Waals surface area contributed by atoms with Gasteiger partial charge in [-0.25, -0.2) is 0 Å². The minimum Gasteiger partial charge on any atom is -0.326 e. The largest absolute Gasteiger partial charge is 0.326 e. The van der Waals surface area contributed by atoms with E-state index in [2.05, 4.69) is 63.9 Å². The number of hydrogen-bond donors (Lipinski definition) is 1. The first-order valence-corrected chi connectivity index (χ1v) is 7.05. The van der Waals surface area contributed by atoms with Gasteiger partial charge in [-0.05, 0) is 39.3 Å². The summed E-state index contributed by atoms with van der Waals surface area (Å²) in [5.74, 6) is 0. The summed E-state index contributed by atoms with van der Waals surface area (Å²) in [5.41, 5.74) is 9.00. The van der Waals surface area contributed by atoms with Crippen LogP contribution < -0.4 is 5.73 Å². The Labute approximate surface area is 112 Å². The molecule has 0 aliphatic carbocycles. The molecule has 1 aromatic carbocycles. The first-order valence-electron chi connectivity index (χ1n) is 7.05. The lowest BCUT2D eigenvalue weighted by Gasteiger charge is -2.36. The quantitative estimate of drug-likeness (QED) is 0.835. The van der Waals surface area contributed by atoms with Crippen LogP contribution >= 0.6 is 0 Å². The summed E-state index contributed by atoms with van der Waals surface area (Å²) < 4.78 is 0. The topological polar surface area (TPSA) is 29.3 Å². The van der Waals surface area contributed by atoms with Crippen LogP contribution in [0.1, 0.15) is 50.8 Å². The van der Waals surface area contributed by atoms with E-state index in [4.69, 9.17) is 5.73 Å². The third-order valence-corrected chi connectivity index (χ3v) is 3.99. The van der Waals surface area contributed by atoms with Crippen LogP contribution in [0.2, 0.25) is 0 Å². The molecule has 0 spiro atoms. The molecule has 0 bridgehead atoms. The van der Waals surface area contributed by atoms with Crippen LogP contribution in [0.15, 0.2) is 24.3 Å². The van der Waals surface area contributed by atoms with Crippen molar-refractivity contribution in [3.05, 3.63) is 35.4 Å². The number of nitrogens with two attached hydrogens (primary N) is 1. The number of nitrogens with zero attached hydrogens (tertiary/aromatic N) is 1. The lowest BCUT2D eigenvalue weighted by Crippen LogP contribution is -2.42. The minimum atomic E-state index is 0.186. The molecule has 2 nitrogen and oxygen atoms in total. The lowest BCUT2D eigenvalue weighted by molar-refractivity contribution is 0.155. The maximum atomic E-state index is 6.35. The first kappa shape index (κ1) is 15.2. The highest BCUT2D eigenvalue weighted by Gasteiger charge is 2.25. The Morgan fingerprint density at radius 3 is 2.39 bits per heavy atom. The normalized spacial score (nSPS) is 16.6. The maximum absolute atomic E-state index is 6.35. The van der Waals surface area contributed by atoms with Crippen molar-refractivity contribution in [2.24, 2.45) is 5.73 Å². The number of rotatable bonds is 6. The van der Waals surface area contributed by atoms with E-state index in [9.17, 15) is 0 Å². The molecule has 18 heavy (non-hydrogen) atoms. The highest BCUT2D eigenvalue weighted by molar-refractivity contribution is 5.26. The Balaban J connectivity index is 3.05. The molecular formula is C16H28N2. The van der Waals surface area contributed by atoms with Gasteiger partial charge in [0.2, 0.25) is 0 Å². The molecule has 2 N–H and O–H groups in total. The fourth-order valence-corrected chi connectivity index (χ4v) is 2.42. The lowest BCUT2D eigenvalue weighted by atomic mass is 9.94. The fourth-order valence-electron chi connectivity index (χ4n) is 2.42. The highest BCUT2D eigenvalue weighted by atomic mass is 15.2. The summed E-state index contributed by atoms with van der Waals surface area (Å²) >= 11 is 0. The van der Waals surface area contributed by atoms with Crippen molar-refractivity contribution in [3.8, 4) is 0 Å². The molecular weight excluding hydrogens is 220 g/mol. The molecule has 0 aliphatic heterocycles. The van der Waals surface area contributed by atoms with Crippen molar-refractivity contribution in [2.75, 3.05) is 7.05 Å². The van der Waals surface area contributed by atoms with E-state index in [1.807, 2.05) is 0 Å². The predicted molar refractivity (Wildman–Crippen MR) is 79.7 cm³/mol. The van der Waals surface area contributed by atoms with E-state index in [0.29, 0.717) is 12.1 Å². The molecule has 102 valence electrons. The van der Waals surface area contributed by atoms with E-state index in [1.54, 1.807) is 0 Å². The Morgan fingerprint density at radius 1 is 1.22 bits per heavy atom. The standard InChI is InChI=1S/C16H28N2/c1-6-13(4)18(5)16(15(17)7-2)14-10-8-9-12(3)11-14/h8-11,13,15-16H,6-7,17H2,1-5H3. The summed E-state index contributed by atoms with van der Waals surface area (Å²) in [7, 11) is 2.19. The summed E-state index contributed by atoms with van der Waals surface area (Å²) in [6, 6.07) is 9.78. The van der Waals surface area contributed by atoms with E-state index in [0.717, 1.165) is 12.8 Å². The molecule has 0 fully saturated rings. The van der Waals surface area contributed by atoms with Crippen molar-refractivity contribution < 1.29 is 0 Å². The number of benzene rings is 1. The third-order valence-electron chi connectivity index (χ3n) is 3.99. The van der Waals surface area contributed by atoms with Gasteiger partial charge in [-0.2, -0.15) is 0 Å². The predicted octanol–water partition coefficient (Wildman–Crippen LogP) is 3.50. The zero-order valence-corrected chi connectivity index (χ0v) is 12.5. The smallest absolute Gasteiger partial charge is 0.0498 e. The Hall–Kier alpha value is -0.860. The number of aryl methyl sites for hydroxylation is 1. The van der Waals surface area contributed by atoms with Crippen LogP contribution in [-0.2, 0) is 0 Å². The van der Waals surface area contributed by atoms with Crippen LogP contribution in [0.5, 0.6) is 0 Å². The van der Waals surface area contributed by atoms with Crippen LogP contribution in [-0.4, -0.2) is 24.0 Å². The highest BCUT2D eigenvalue weighted by Crippen LogP contribution is 2.27. The van der Waals surface area contributed by atoms with E-state index in [1.165, 1.54) is 11.1 Å². The second-order valence-electron chi connectivity index (χ2n) is 5.35. The molecule has 3 atom stereocenters. The van der Waals surface area contributed by atoms with E-state index >= 15 is 0 Å². The number of likely N-dealkylation sites (N-methyl/N-ethyl adjacent to an activating group) is 1. The van der Waals surface area contributed by atoms with Crippen LogP contribution in [0.3, 0.4) is 0 Å². The Morgan fingerprint density at radius 2 is 1.89 bits per heavy atom. The summed E-state index contributed by atoms with van der Waals surface area (Å²) in [5, 5.41) is 0. The molecule has 2 heteroatoms. The van der Waals surface area contributed by atoms with Gasteiger partial charge < -0.3 is 5.73 Å². The van der Waals surface area contributed by atoms with Gasteiger partial charge in [0.1, 0.15) is 0 Å². The van der Waals surface area contributed by atoms with E-state index in [-0.39, 0.29) is 6.04 Å². The van der Waals surface area contributed by atoms with Gasteiger partial charge >= 0.3 is 0 Å². The van der Waals surface area contributed by atoms with Gasteiger partial charge in [0.05, 0.1) is 0 Å². The molecule has 0 radical (unpaired) electrons. The molecule has 0 aliphatic rings. The van der Waals surface area contributed by atoms with Crippen LogP contribution in [0.4, 0.5) is 0 Å².